The number of amides is 1. The average molecular weight is 313 g/mol. The summed E-state index contributed by atoms with van der Waals surface area (Å²) in [6, 6.07) is 11.6. The van der Waals surface area contributed by atoms with Gasteiger partial charge in [-0.05, 0) is 69.0 Å². The zero-order chi connectivity index (χ0) is 17.0. The van der Waals surface area contributed by atoms with E-state index in [0.717, 1.165) is 29.7 Å². The van der Waals surface area contributed by atoms with E-state index in [0.29, 0.717) is 5.82 Å². The van der Waals surface area contributed by atoms with Crippen LogP contribution in [0.3, 0.4) is 0 Å². The molecule has 0 atom stereocenters. The van der Waals surface area contributed by atoms with E-state index in [1.807, 2.05) is 57.2 Å². The Bertz CT molecular complexity index is 693. The van der Waals surface area contributed by atoms with Gasteiger partial charge < -0.3 is 10.8 Å². The molecule has 0 saturated carbocycles. The van der Waals surface area contributed by atoms with Gasteiger partial charge in [0, 0.05) is 17.4 Å². The number of anilines is 2. The van der Waals surface area contributed by atoms with Crippen molar-refractivity contribution in [1.29, 1.82) is 0 Å². The monoisotopic (exact) mass is 313 g/mol. The SMILES string of the molecule is CC(C)(C)N(C(=O)O)c1cc(CCc2cccc(N)c2)ccn1. The number of nitrogens with two attached hydrogens (primary N) is 1. The van der Waals surface area contributed by atoms with Gasteiger partial charge in [0.05, 0.1) is 0 Å². The number of hydrogen-bond acceptors (Lipinski definition) is 3. The lowest BCUT2D eigenvalue weighted by molar-refractivity contribution is 0.195. The minimum absolute atomic E-state index is 0.454. The van der Waals surface area contributed by atoms with Crippen molar-refractivity contribution in [2.24, 2.45) is 0 Å². The van der Waals surface area contributed by atoms with Crippen molar-refractivity contribution in [2.75, 3.05) is 10.6 Å². The maximum Gasteiger partial charge on any atom is 0.413 e. The Balaban J connectivity index is 2.17. The molecule has 23 heavy (non-hydrogen) atoms. The van der Waals surface area contributed by atoms with Gasteiger partial charge >= 0.3 is 6.09 Å². The number of aromatic nitrogens is 1. The van der Waals surface area contributed by atoms with Crippen LogP contribution in [0.5, 0.6) is 0 Å². The Labute approximate surface area is 136 Å². The quantitative estimate of drug-likeness (QED) is 0.843. The van der Waals surface area contributed by atoms with E-state index in [2.05, 4.69) is 4.98 Å². The minimum atomic E-state index is -1.00. The van der Waals surface area contributed by atoms with E-state index >= 15 is 0 Å². The topological polar surface area (TPSA) is 79.5 Å². The van der Waals surface area contributed by atoms with Crippen LogP contribution in [0.2, 0.25) is 0 Å². The predicted molar refractivity (Wildman–Crippen MR) is 92.8 cm³/mol. The molecular formula is C18H23N3O2. The molecule has 0 fully saturated rings. The van der Waals surface area contributed by atoms with E-state index in [4.69, 9.17) is 5.73 Å². The number of aryl methyl sites for hydroxylation is 2. The molecule has 0 aliphatic carbocycles. The molecule has 0 saturated heterocycles. The zero-order valence-corrected chi connectivity index (χ0v) is 13.8. The first-order valence-electron chi connectivity index (χ1n) is 7.60. The molecule has 0 spiro atoms. The van der Waals surface area contributed by atoms with E-state index in [1.54, 1.807) is 6.20 Å². The highest BCUT2D eigenvalue weighted by molar-refractivity contribution is 5.86. The molecule has 2 rings (SSSR count). The van der Waals surface area contributed by atoms with Gasteiger partial charge in [-0.15, -0.1) is 0 Å². The van der Waals surface area contributed by atoms with Crippen LogP contribution in [0.25, 0.3) is 0 Å². The molecule has 2 aromatic rings. The fourth-order valence-electron chi connectivity index (χ4n) is 2.50. The molecule has 0 unspecified atom stereocenters. The fraction of sp³-hybridized carbons (Fsp3) is 0.333. The maximum atomic E-state index is 11.5. The molecule has 3 N–H and O–H groups in total. The van der Waals surface area contributed by atoms with Crippen LogP contribution < -0.4 is 10.6 Å². The molecule has 1 aromatic carbocycles. The molecule has 0 aliphatic heterocycles. The highest BCUT2D eigenvalue weighted by Crippen LogP contribution is 2.23. The van der Waals surface area contributed by atoms with Crippen LogP contribution in [0.1, 0.15) is 31.9 Å². The van der Waals surface area contributed by atoms with Crippen LogP contribution in [0, 0.1) is 0 Å². The van der Waals surface area contributed by atoms with E-state index in [9.17, 15) is 9.90 Å². The first-order chi connectivity index (χ1) is 10.8. The Kier molecular flexibility index (Phi) is 4.89. The van der Waals surface area contributed by atoms with Crippen LogP contribution in [0.4, 0.5) is 16.3 Å². The van der Waals surface area contributed by atoms with Crippen molar-refractivity contribution < 1.29 is 9.90 Å². The molecule has 5 heteroatoms. The molecule has 122 valence electrons. The Morgan fingerprint density at radius 3 is 2.39 bits per heavy atom. The second kappa shape index (κ2) is 6.69. The van der Waals surface area contributed by atoms with Crippen LogP contribution in [-0.4, -0.2) is 21.7 Å². The van der Waals surface area contributed by atoms with E-state index in [1.165, 1.54) is 4.90 Å². The Morgan fingerprint density at radius 1 is 1.17 bits per heavy atom. The molecule has 1 aromatic heterocycles. The third-order valence-electron chi connectivity index (χ3n) is 3.55. The van der Waals surface area contributed by atoms with Crippen molar-refractivity contribution in [3.63, 3.8) is 0 Å². The number of nitrogens with zero attached hydrogens (tertiary/aromatic N) is 2. The first-order valence-corrected chi connectivity index (χ1v) is 7.60. The standard InChI is InChI=1S/C18H23N3O2/c1-18(2,3)21(17(22)23)16-12-14(9-10-20-16)8-7-13-5-4-6-15(19)11-13/h4-6,9-12H,7-8,19H2,1-3H3,(H,22,23). The third-order valence-corrected chi connectivity index (χ3v) is 3.55. The summed E-state index contributed by atoms with van der Waals surface area (Å²) in [5.74, 6) is 0.454. The van der Waals surface area contributed by atoms with Gasteiger partial charge in [0.1, 0.15) is 5.82 Å². The van der Waals surface area contributed by atoms with Crippen LogP contribution in [-0.2, 0) is 12.8 Å². The number of benzene rings is 1. The number of carboxylic acid groups (broad SMARTS) is 1. The third kappa shape index (κ3) is 4.45. The van der Waals surface area contributed by atoms with Gasteiger partial charge in [0.25, 0.3) is 0 Å². The second-order valence-corrected chi connectivity index (χ2v) is 6.56. The van der Waals surface area contributed by atoms with E-state index in [-0.39, 0.29) is 0 Å². The number of pyridine rings is 1. The maximum absolute atomic E-state index is 11.5. The van der Waals surface area contributed by atoms with Crippen LogP contribution >= 0.6 is 0 Å². The number of carbonyl (C=O) groups is 1. The summed E-state index contributed by atoms with van der Waals surface area (Å²) < 4.78 is 0. The lowest BCUT2D eigenvalue weighted by Crippen LogP contribution is -2.45. The summed E-state index contributed by atoms with van der Waals surface area (Å²) in [6.45, 7) is 5.55. The van der Waals surface area contributed by atoms with Crippen molar-refractivity contribution >= 4 is 17.6 Å². The van der Waals surface area contributed by atoms with Crippen molar-refractivity contribution in [3.05, 3.63) is 53.7 Å². The Morgan fingerprint density at radius 2 is 1.83 bits per heavy atom. The Hall–Kier alpha value is -2.56. The highest BCUT2D eigenvalue weighted by atomic mass is 16.4. The summed E-state index contributed by atoms with van der Waals surface area (Å²) in [6.07, 6.45) is 2.30. The summed E-state index contributed by atoms with van der Waals surface area (Å²) in [7, 11) is 0. The lowest BCUT2D eigenvalue weighted by atomic mass is 10.0. The number of hydrogen-bond donors (Lipinski definition) is 2. The molecule has 0 aliphatic rings. The van der Waals surface area contributed by atoms with Gasteiger partial charge in [-0.2, -0.15) is 0 Å². The smallest absolute Gasteiger partial charge is 0.413 e. The van der Waals surface area contributed by atoms with Crippen molar-refractivity contribution in [1.82, 2.24) is 4.98 Å². The van der Waals surface area contributed by atoms with Gasteiger partial charge in [-0.25, -0.2) is 9.78 Å². The molecule has 1 amide bonds. The average Bonchev–Trinajstić information content (AvgIpc) is 2.44. The predicted octanol–water partition coefficient (Wildman–Crippen LogP) is 3.73. The highest BCUT2D eigenvalue weighted by Gasteiger charge is 2.28. The van der Waals surface area contributed by atoms with Crippen molar-refractivity contribution in [3.8, 4) is 0 Å². The molecule has 1 heterocycles. The van der Waals surface area contributed by atoms with E-state index < -0.39 is 11.6 Å². The molecule has 0 radical (unpaired) electrons. The summed E-state index contributed by atoms with van der Waals surface area (Å²) in [5, 5.41) is 9.46. The van der Waals surface area contributed by atoms with Gasteiger partial charge in [-0.1, -0.05) is 12.1 Å². The number of nitrogen functional groups attached to an aromatic ring is 1. The van der Waals surface area contributed by atoms with Crippen molar-refractivity contribution in [2.45, 2.75) is 39.2 Å². The van der Waals surface area contributed by atoms with Gasteiger partial charge in [-0.3, -0.25) is 4.90 Å². The first kappa shape index (κ1) is 16.8. The second-order valence-electron chi connectivity index (χ2n) is 6.56. The molecule has 5 nitrogen and oxygen atoms in total. The lowest BCUT2D eigenvalue weighted by Gasteiger charge is -2.32. The largest absolute Gasteiger partial charge is 0.465 e. The molecule has 0 bridgehead atoms. The van der Waals surface area contributed by atoms with Gasteiger partial charge in [0.2, 0.25) is 0 Å². The fourth-order valence-corrected chi connectivity index (χ4v) is 2.50. The van der Waals surface area contributed by atoms with Gasteiger partial charge in [0.15, 0.2) is 0 Å². The normalized spacial score (nSPS) is 11.3. The summed E-state index contributed by atoms with van der Waals surface area (Å²) in [5.41, 5.74) is 8.20. The zero-order valence-electron chi connectivity index (χ0n) is 13.8. The summed E-state index contributed by atoms with van der Waals surface area (Å²) >= 11 is 0. The number of rotatable bonds is 4. The minimum Gasteiger partial charge on any atom is -0.465 e. The van der Waals surface area contributed by atoms with Crippen LogP contribution in [0.15, 0.2) is 42.6 Å². The summed E-state index contributed by atoms with van der Waals surface area (Å²) in [4.78, 5) is 17.1. The molecular weight excluding hydrogens is 290 g/mol.